The van der Waals surface area contributed by atoms with E-state index in [1.165, 1.54) is 18.3 Å². The number of rotatable bonds is 8. The zero-order valence-electron chi connectivity index (χ0n) is 24.2. The Bertz CT molecular complexity index is 1700. The molecule has 1 unspecified atom stereocenters. The predicted molar refractivity (Wildman–Crippen MR) is 155 cm³/mol. The summed E-state index contributed by atoms with van der Waals surface area (Å²) in [5.41, 5.74) is 4.40. The molecule has 1 fully saturated rings. The maximum atomic E-state index is 14.7. The second-order valence-corrected chi connectivity index (χ2v) is 11.3. The smallest absolute Gasteiger partial charge is 0.275 e. The molecule has 4 heterocycles. The van der Waals surface area contributed by atoms with E-state index >= 15 is 0 Å². The number of carbonyl (C=O) groups excluding carboxylic acids is 2. The zero-order chi connectivity index (χ0) is 31.2. The first-order chi connectivity index (χ1) is 21.1. The minimum atomic E-state index is -1.11. The molecule has 0 radical (unpaired) electrons. The lowest BCUT2D eigenvalue weighted by molar-refractivity contribution is -0.213. The third-order valence-corrected chi connectivity index (χ3v) is 8.51. The van der Waals surface area contributed by atoms with E-state index in [0.29, 0.717) is 6.42 Å². The summed E-state index contributed by atoms with van der Waals surface area (Å²) < 4.78 is 41.4. The van der Waals surface area contributed by atoms with Gasteiger partial charge in [-0.25, -0.2) is 8.78 Å². The van der Waals surface area contributed by atoms with Crippen LogP contribution in [0.25, 0.3) is 0 Å². The number of halogens is 2. The van der Waals surface area contributed by atoms with Gasteiger partial charge >= 0.3 is 0 Å². The molecule has 2 bridgehead atoms. The van der Waals surface area contributed by atoms with Crippen LogP contribution in [0.5, 0.6) is 5.75 Å². The van der Waals surface area contributed by atoms with Gasteiger partial charge in [0.2, 0.25) is 5.43 Å². The summed E-state index contributed by atoms with van der Waals surface area (Å²) in [6, 6.07) is 11.1. The number of carbonyl (C=O) groups is 2. The summed E-state index contributed by atoms with van der Waals surface area (Å²) >= 11 is 0. The number of hydrogen-bond donors (Lipinski definition) is 1. The van der Waals surface area contributed by atoms with Crippen LogP contribution in [0, 0.1) is 11.6 Å². The highest BCUT2D eigenvalue weighted by Gasteiger charge is 2.55. The molecule has 1 spiro atoms. The molecule has 1 saturated heterocycles. The van der Waals surface area contributed by atoms with Gasteiger partial charge in [-0.1, -0.05) is 48.6 Å². The van der Waals surface area contributed by atoms with Crippen LogP contribution < -0.4 is 15.9 Å². The van der Waals surface area contributed by atoms with Crippen LogP contribution in [0.4, 0.5) is 8.78 Å². The normalized spacial score (nSPS) is 24.4. The Morgan fingerprint density at radius 3 is 2.64 bits per heavy atom. The molecule has 3 aliphatic heterocycles. The number of fused-ring (bicyclic) bond motifs is 5. The predicted octanol–water partition coefficient (Wildman–Crippen LogP) is 3.35. The third kappa shape index (κ3) is 5.18. The monoisotopic (exact) mass is 606 g/mol. The Labute approximate surface area is 252 Å². The van der Waals surface area contributed by atoms with Gasteiger partial charge in [0.05, 0.1) is 25.2 Å². The molecule has 6 rings (SSSR count). The molecule has 2 amide bonds. The van der Waals surface area contributed by atoms with Gasteiger partial charge in [-0.15, -0.1) is 0 Å². The molecule has 2 aromatic carbocycles. The number of aromatic nitrogens is 1. The molecule has 0 aliphatic carbocycles. The Balaban J connectivity index is 1.46. The molecule has 12 heteroatoms. The number of nitrogens with two attached hydrogens (primary N) is 1. The van der Waals surface area contributed by atoms with E-state index in [1.807, 2.05) is 49.4 Å². The average Bonchev–Trinajstić information content (AvgIpc) is 3.28. The minimum Gasteiger partial charge on any atom is -0.483 e. The van der Waals surface area contributed by atoms with Crippen molar-refractivity contribution in [3.05, 3.63) is 111 Å². The third-order valence-electron chi connectivity index (χ3n) is 8.51. The number of hydrogen-bond acceptors (Lipinski definition) is 7. The fraction of sp³-hybridized carbons (Fsp3) is 0.344. The molecule has 3 aromatic rings. The van der Waals surface area contributed by atoms with Crippen molar-refractivity contribution in [2.75, 3.05) is 20.3 Å². The molecule has 0 saturated carbocycles. The number of primary amides is 1. The molecular weight excluding hydrogens is 574 g/mol. The summed E-state index contributed by atoms with van der Waals surface area (Å²) in [6.07, 6.45) is 5.39. The van der Waals surface area contributed by atoms with Gasteiger partial charge in [-0.2, -0.15) is 5.06 Å². The number of pyridine rings is 1. The first-order valence-electron chi connectivity index (χ1n) is 14.3. The van der Waals surface area contributed by atoms with E-state index in [2.05, 4.69) is 0 Å². The second kappa shape index (κ2) is 11.6. The van der Waals surface area contributed by atoms with E-state index in [4.69, 9.17) is 20.0 Å². The Morgan fingerprint density at radius 1 is 1.16 bits per heavy atom. The highest BCUT2D eigenvalue weighted by Crippen LogP contribution is 2.46. The van der Waals surface area contributed by atoms with Crippen LogP contribution in [0.15, 0.2) is 71.7 Å². The van der Waals surface area contributed by atoms with E-state index < -0.39 is 40.5 Å². The van der Waals surface area contributed by atoms with Crippen molar-refractivity contribution in [1.29, 1.82) is 0 Å². The van der Waals surface area contributed by atoms with Gasteiger partial charge in [0, 0.05) is 43.9 Å². The zero-order valence-corrected chi connectivity index (χ0v) is 24.2. The van der Waals surface area contributed by atoms with Crippen molar-refractivity contribution in [3.8, 4) is 5.75 Å². The number of benzene rings is 2. The highest BCUT2D eigenvalue weighted by atomic mass is 19.1. The Morgan fingerprint density at radius 2 is 1.93 bits per heavy atom. The Hall–Kier alpha value is -4.39. The molecule has 4 atom stereocenters. The SMILES string of the molecule is COCC1C[C@]2(C=C[C@H](C)N3C[C@H]2n2cc(C(N)=O)c(=O)c(OCc4ccccc4)c2C3=O)ON1Cc1ccc(F)cc1F. The summed E-state index contributed by atoms with van der Waals surface area (Å²) in [5.74, 6) is -3.07. The van der Waals surface area contributed by atoms with Crippen LogP contribution in [0.3, 0.4) is 0 Å². The van der Waals surface area contributed by atoms with E-state index in [9.17, 15) is 23.2 Å². The molecule has 10 nitrogen and oxygen atoms in total. The van der Waals surface area contributed by atoms with Crippen LogP contribution in [0.2, 0.25) is 0 Å². The van der Waals surface area contributed by atoms with Gasteiger partial charge in [0.25, 0.3) is 11.8 Å². The summed E-state index contributed by atoms with van der Waals surface area (Å²) in [7, 11) is 1.54. The minimum absolute atomic E-state index is 0.00432. The van der Waals surface area contributed by atoms with Crippen molar-refractivity contribution >= 4 is 11.8 Å². The number of nitrogens with zero attached hydrogens (tertiary/aromatic N) is 3. The highest BCUT2D eigenvalue weighted by molar-refractivity contribution is 5.99. The fourth-order valence-electron chi connectivity index (χ4n) is 6.26. The summed E-state index contributed by atoms with van der Waals surface area (Å²) in [6.45, 7) is 2.24. The Kier molecular flexibility index (Phi) is 7.82. The van der Waals surface area contributed by atoms with Gasteiger partial charge in [0.1, 0.15) is 29.4 Å². The van der Waals surface area contributed by atoms with Crippen molar-refractivity contribution in [2.45, 2.75) is 50.2 Å². The number of amides is 2. The molecule has 3 aliphatic rings. The molecule has 230 valence electrons. The van der Waals surface area contributed by atoms with Crippen molar-refractivity contribution in [3.63, 3.8) is 0 Å². The van der Waals surface area contributed by atoms with E-state index in [1.54, 1.807) is 21.6 Å². The molecule has 44 heavy (non-hydrogen) atoms. The van der Waals surface area contributed by atoms with Gasteiger partial charge in [0.15, 0.2) is 11.4 Å². The molecule has 1 aromatic heterocycles. The molecular formula is C32H32F2N4O6. The molecule has 2 N–H and O–H groups in total. The summed E-state index contributed by atoms with van der Waals surface area (Å²) in [4.78, 5) is 48.3. The number of ether oxygens (including phenoxy) is 2. The number of hydroxylamine groups is 2. The first-order valence-corrected chi connectivity index (χ1v) is 14.3. The van der Waals surface area contributed by atoms with E-state index in [0.717, 1.165) is 11.6 Å². The topological polar surface area (TPSA) is 116 Å². The summed E-state index contributed by atoms with van der Waals surface area (Å²) in [5, 5.41) is 1.60. The van der Waals surface area contributed by atoms with Crippen molar-refractivity contribution < 1.29 is 32.7 Å². The van der Waals surface area contributed by atoms with Crippen LogP contribution >= 0.6 is 0 Å². The fourth-order valence-corrected chi connectivity index (χ4v) is 6.26. The van der Waals surface area contributed by atoms with Gasteiger partial charge in [-0.3, -0.25) is 19.2 Å². The largest absolute Gasteiger partial charge is 0.483 e. The lowest BCUT2D eigenvalue weighted by Gasteiger charge is -2.42. The quantitative estimate of drug-likeness (QED) is 0.391. The van der Waals surface area contributed by atoms with Crippen LogP contribution in [0.1, 0.15) is 51.4 Å². The lowest BCUT2D eigenvalue weighted by atomic mass is 9.86. The van der Waals surface area contributed by atoms with Gasteiger partial charge < -0.3 is 24.7 Å². The van der Waals surface area contributed by atoms with Crippen molar-refractivity contribution in [2.24, 2.45) is 5.73 Å². The van der Waals surface area contributed by atoms with E-state index in [-0.39, 0.29) is 61.0 Å². The van der Waals surface area contributed by atoms with Crippen LogP contribution in [-0.4, -0.2) is 64.3 Å². The standard InChI is InChI=1S/C32H32F2N4O6/c1-19-10-11-32(13-23(18-42-2)38(44-32)14-21-8-9-22(33)12-25(21)34)26-16-36(19)31(41)27-29(43-17-20-6-4-3-5-7-20)28(39)24(30(35)40)15-37(26)27/h3-12,15,19,23,26H,13-14,16-18H2,1-2H3,(H2,35,40)/t19-,23?,26+,32-/m0/s1. The average molecular weight is 607 g/mol. The number of methoxy groups -OCH3 is 1. The first kappa shape index (κ1) is 29.7. The van der Waals surface area contributed by atoms with Gasteiger partial charge in [-0.05, 0) is 18.6 Å². The second-order valence-electron chi connectivity index (χ2n) is 11.3. The van der Waals surface area contributed by atoms with Crippen molar-refractivity contribution in [1.82, 2.24) is 14.5 Å². The van der Waals surface area contributed by atoms with Crippen LogP contribution in [-0.2, 0) is 22.7 Å². The lowest BCUT2D eigenvalue weighted by Crippen LogP contribution is -2.53. The maximum Gasteiger partial charge on any atom is 0.275 e. The maximum absolute atomic E-state index is 14.7.